The van der Waals surface area contributed by atoms with Gasteiger partial charge in [0.05, 0.1) is 11.6 Å². The largest absolute Gasteiger partial charge is 0.278 e. The van der Waals surface area contributed by atoms with Crippen LogP contribution in [0.5, 0.6) is 0 Å². The second-order valence-corrected chi connectivity index (χ2v) is 4.82. The zero-order chi connectivity index (χ0) is 9.19. The second-order valence-electron chi connectivity index (χ2n) is 2.04. The molecule has 6 heteroatoms. The number of pyridine rings is 1. The van der Waals surface area contributed by atoms with E-state index >= 15 is 0 Å². The van der Waals surface area contributed by atoms with E-state index in [1.54, 1.807) is 12.1 Å². The summed E-state index contributed by atoms with van der Waals surface area (Å²) < 4.78 is 21.5. The van der Waals surface area contributed by atoms with Crippen molar-refractivity contribution in [3.63, 3.8) is 0 Å². The molecule has 0 unspecified atom stereocenters. The number of hydrogen-bond donors (Lipinski definition) is 0. The van der Waals surface area contributed by atoms with Crippen molar-refractivity contribution in [2.45, 2.75) is 10.9 Å². The van der Waals surface area contributed by atoms with E-state index in [1.807, 2.05) is 0 Å². The van der Waals surface area contributed by atoms with E-state index in [1.165, 1.54) is 6.07 Å². The molecular weight excluding hydrogens is 221 g/mol. The summed E-state index contributed by atoms with van der Waals surface area (Å²) in [4.78, 5) is 3.71. The molecule has 0 spiro atoms. The number of halogens is 2. The van der Waals surface area contributed by atoms with Crippen molar-refractivity contribution in [3.05, 3.63) is 23.9 Å². The molecule has 0 saturated carbocycles. The fourth-order valence-corrected chi connectivity index (χ4v) is 1.54. The Morgan fingerprint density at radius 1 is 1.42 bits per heavy atom. The first-order valence-electron chi connectivity index (χ1n) is 3.00. The molecule has 1 heterocycles. The van der Waals surface area contributed by atoms with Gasteiger partial charge in [-0.2, -0.15) is 0 Å². The molecule has 0 atom stereocenters. The molecule has 1 aromatic heterocycles. The van der Waals surface area contributed by atoms with E-state index in [0.29, 0.717) is 5.69 Å². The third-order valence-electron chi connectivity index (χ3n) is 1.17. The average molecular weight is 226 g/mol. The summed E-state index contributed by atoms with van der Waals surface area (Å²) in [5, 5.41) is -0.165. The normalized spacial score (nSPS) is 11.5. The van der Waals surface area contributed by atoms with Gasteiger partial charge < -0.3 is 0 Å². The number of rotatable bonds is 2. The summed E-state index contributed by atoms with van der Waals surface area (Å²) in [6.07, 6.45) is 0. The van der Waals surface area contributed by atoms with Gasteiger partial charge in [0, 0.05) is 10.7 Å². The first kappa shape index (κ1) is 9.77. The highest BCUT2D eigenvalue weighted by Crippen LogP contribution is 2.12. The smallest absolute Gasteiger partial charge is 0.239 e. The Balaban J connectivity index is 3.20. The third-order valence-corrected chi connectivity index (χ3v) is 2.64. The van der Waals surface area contributed by atoms with Gasteiger partial charge in [-0.25, -0.2) is 13.4 Å². The highest BCUT2D eigenvalue weighted by Gasteiger charge is 2.11. The van der Waals surface area contributed by atoms with Gasteiger partial charge in [0.15, 0.2) is 5.03 Å². The van der Waals surface area contributed by atoms with Crippen LogP contribution in [0.4, 0.5) is 0 Å². The summed E-state index contributed by atoms with van der Waals surface area (Å²) in [6, 6.07) is 4.48. The molecule has 1 aromatic rings. The Hall–Kier alpha value is -0.320. The number of nitrogens with zero attached hydrogens (tertiary/aromatic N) is 1. The van der Waals surface area contributed by atoms with Crippen LogP contribution in [0.15, 0.2) is 23.2 Å². The molecule has 0 fully saturated rings. The van der Waals surface area contributed by atoms with Crippen molar-refractivity contribution in [3.8, 4) is 0 Å². The monoisotopic (exact) mass is 225 g/mol. The molecule has 0 aromatic carbocycles. The van der Waals surface area contributed by atoms with Crippen LogP contribution in [0.1, 0.15) is 5.69 Å². The topological polar surface area (TPSA) is 47.0 Å². The quantitative estimate of drug-likeness (QED) is 0.570. The Labute approximate surface area is 79.8 Å². The maximum atomic E-state index is 10.8. The molecule has 0 bridgehead atoms. The molecule has 0 aliphatic carbocycles. The van der Waals surface area contributed by atoms with Gasteiger partial charge in [-0.15, -0.1) is 11.6 Å². The van der Waals surface area contributed by atoms with E-state index in [-0.39, 0.29) is 10.9 Å². The van der Waals surface area contributed by atoms with E-state index in [4.69, 9.17) is 22.3 Å². The van der Waals surface area contributed by atoms with E-state index < -0.39 is 9.05 Å². The first-order valence-corrected chi connectivity index (χ1v) is 5.85. The van der Waals surface area contributed by atoms with Crippen LogP contribution in [0.2, 0.25) is 0 Å². The molecule has 3 nitrogen and oxygen atoms in total. The number of aromatic nitrogens is 1. The predicted octanol–water partition coefficient (Wildman–Crippen LogP) is 1.75. The van der Waals surface area contributed by atoms with Crippen LogP contribution >= 0.6 is 22.3 Å². The van der Waals surface area contributed by atoms with Gasteiger partial charge in [-0.05, 0) is 12.1 Å². The minimum Gasteiger partial charge on any atom is -0.239 e. The number of alkyl halides is 1. The summed E-state index contributed by atoms with van der Waals surface area (Å²) >= 11 is 5.45. The molecule has 0 saturated heterocycles. The SMILES string of the molecule is O=S(=O)(Cl)c1cccc(CCl)n1. The van der Waals surface area contributed by atoms with Gasteiger partial charge in [0.25, 0.3) is 9.05 Å². The van der Waals surface area contributed by atoms with Crippen molar-refractivity contribution in [2.24, 2.45) is 0 Å². The van der Waals surface area contributed by atoms with Crippen molar-refractivity contribution in [1.82, 2.24) is 4.98 Å². The fourth-order valence-electron chi connectivity index (χ4n) is 0.668. The van der Waals surface area contributed by atoms with Gasteiger partial charge in [-0.3, -0.25) is 0 Å². The summed E-state index contributed by atoms with van der Waals surface area (Å²) in [7, 11) is 1.32. The molecule has 12 heavy (non-hydrogen) atoms. The lowest BCUT2D eigenvalue weighted by molar-refractivity contribution is 0.605. The van der Waals surface area contributed by atoms with Crippen molar-refractivity contribution in [1.29, 1.82) is 0 Å². The van der Waals surface area contributed by atoms with Crippen molar-refractivity contribution >= 4 is 31.3 Å². The third kappa shape index (κ3) is 2.33. The molecule has 0 aliphatic rings. The van der Waals surface area contributed by atoms with Gasteiger partial charge in [-0.1, -0.05) is 6.07 Å². The van der Waals surface area contributed by atoms with E-state index in [2.05, 4.69) is 4.98 Å². The molecule has 0 N–H and O–H groups in total. The first-order chi connectivity index (χ1) is 5.54. The van der Waals surface area contributed by atoms with Gasteiger partial charge in [0.2, 0.25) is 0 Å². The second kappa shape index (κ2) is 3.60. The highest BCUT2D eigenvalue weighted by molar-refractivity contribution is 8.13. The van der Waals surface area contributed by atoms with Crippen molar-refractivity contribution < 1.29 is 8.42 Å². The minimum atomic E-state index is -3.73. The molecule has 0 aliphatic heterocycles. The van der Waals surface area contributed by atoms with Crippen LogP contribution in [-0.4, -0.2) is 13.4 Å². The molecule has 0 amide bonds. The molecule has 0 radical (unpaired) electrons. The van der Waals surface area contributed by atoms with E-state index in [9.17, 15) is 8.42 Å². The standard InChI is InChI=1S/C6H5Cl2NO2S/c7-4-5-2-1-3-6(9-5)12(8,10)11/h1-3H,4H2. The Morgan fingerprint density at radius 2 is 2.08 bits per heavy atom. The van der Waals surface area contributed by atoms with Crippen LogP contribution in [0.25, 0.3) is 0 Å². The highest BCUT2D eigenvalue weighted by atomic mass is 35.7. The minimum absolute atomic E-state index is 0.165. The van der Waals surface area contributed by atoms with Crippen LogP contribution in [-0.2, 0) is 14.9 Å². The van der Waals surface area contributed by atoms with Crippen LogP contribution in [0.3, 0.4) is 0 Å². The lowest BCUT2D eigenvalue weighted by atomic mass is 10.4. The van der Waals surface area contributed by atoms with Crippen LogP contribution in [0, 0.1) is 0 Å². The zero-order valence-corrected chi connectivity index (χ0v) is 8.20. The Morgan fingerprint density at radius 3 is 2.58 bits per heavy atom. The summed E-state index contributed by atoms with van der Waals surface area (Å²) in [5.74, 6) is 0.167. The maximum absolute atomic E-state index is 10.8. The van der Waals surface area contributed by atoms with Crippen LogP contribution < -0.4 is 0 Å². The predicted molar refractivity (Wildman–Crippen MR) is 46.8 cm³/mol. The van der Waals surface area contributed by atoms with Crippen molar-refractivity contribution in [2.75, 3.05) is 0 Å². The summed E-state index contributed by atoms with van der Waals surface area (Å²) in [5.41, 5.74) is 0.485. The Kier molecular flexibility index (Phi) is 2.93. The molecular formula is C6H5Cl2NO2S. The average Bonchev–Trinajstić information content (AvgIpc) is 2.03. The lowest BCUT2D eigenvalue weighted by Crippen LogP contribution is -1.96. The molecule has 1 rings (SSSR count). The summed E-state index contributed by atoms with van der Waals surface area (Å²) in [6.45, 7) is 0. The van der Waals surface area contributed by atoms with Gasteiger partial charge >= 0.3 is 0 Å². The number of hydrogen-bond acceptors (Lipinski definition) is 3. The lowest BCUT2D eigenvalue weighted by Gasteiger charge is -1.96. The molecule has 66 valence electrons. The fraction of sp³-hybridized carbons (Fsp3) is 0.167. The van der Waals surface area contributed by atoms with E-state index in [0.717, 1.165) is 0 Å². The zero-order valence-electron chi connectivity index (χ0n) is 5.87. The van der Waals surface area contributed by atoms with Gasteiger partial charge in [0.1, 0.15) is 0 Å². The maximum Gasteiger partial charge on any atom is 0.278 e. The Bertz CT molecular complexity index is 377.